The Balaban J connectivity index is 1.94. The Labute approximate surface area is 102 Å². The third kappa shape index (κ3) is 3.12. The summed E-state index contributed by atoms with van der Waals surface area (Å²) < 4.78 is 1.84. The fraction of sp³-hybridized carbons (Fsp3) is 0.750. The molecule has 1 aliphatic rings. The molecule has 1 saturated heterocycles. The summed E-state index contributed by atoms with van der Waals surface area (Å²) >= 11 is 0. The molecule has 1 N–H and O–H groups in total. The van der Waals surface area contributed by atoms with Crippen LogP contribution in [0.5, 0.6) is 0 Å². The lowest BCUT2D eigenvalue weighted by molar-refractivity contribution is -0.122. The molecule has 5 heteroatoms. The molecule has 1 aromatic heterocycles. The molecular weight excluding hydrogens is 216 g/mol. The molecule has 0 bridgehead atoms. The van der Waals surface area contributed by atoms with Gasteiger partial charge in [0.2, 0.25) is 0 Å². The number of hydrogen-bond acceptors (Lipinski definition) is 4. The fourth-order valence-electron chi connectivity index (χ4n) is 2.25. The van der Waals surface area contributed by atoms with E-state index in [1.165, 1.54) is 6.33 Å². The first kappa shape index (κ1) is 12.2. The molecule has 1 aromatic rings. The Morgan fingerprint density at radius 3 is 3.24 bits per heavy atom. The maximum absolute atomic E-state index is 12.1. The van der Waals surface area contributed by atoms with Crippen molar-refractivity contribution in [2.45, 2.75) is 39.2 Å². The molecule has 17 heavy (non-hydrogen) atoms. The van der Waals surface area contributed by atoms with Crippen molar-refractivity contribution in [1.82, 2.24) is 20.1 Å². The van der Waals surface area contributed by atoms with Gasteiger partial charge in [0.15, 0.2) is 0 Å². The monoisotopic (exact) mass is 236 g/mol. The minimum absolute atomic E-state index is 0.163. The fourth-order valence-corrected chi connectivity index (χ4v) is 2.25. The van der Waals surface area contributed by atoms with E-state index in [0.29, 0.717) is 12.2 Å². The van der Waals surface area contributed by atoms with Gasteiger partial charge in [-0.25, -0.2) is 9.67 Å². The van der Waals surface area contributed by atoms with Crippen molar-refractivity contribution in [3.63, 3.8) is 0 Å². The van der Waals surface area contributed by atoms with Crippen LogP contribution in [0.3, 0.4) is 0 Å². The molecule has 5 nitrogen and oxygen atoms in total. The van der Waals surface area contributed by atoms with Gasteiger partial charge in [0.05, 0.1) is 6.42 Å². The number of ketones is 1. The first-order chi connectivity index (χ1) is 8.31. The first-order valence-electron chi connectivity index (χ1n) is 6.41. The Morgan fingerprint density at radius 2 is 2.53 bits per heavy atom. The normalized spacial score (nSPS) is 20.4. The molecule has 1 unspecified atom stereocenters. The van der Waals surface area contributed by atoms with Gasteiger partial charge in [0, 0.05) is 19.0 Å². The van der Waals surface area contributed by atoms with Gasteiger partial charge >= 0.3 is 0 Å². The SMILES string of the molecule is CCCn1ncnc1CC(=O)C1CCCNC1. The standard InChI is InChI=1S/C12H20N4O/c1-2-6-16-12(14-9-15-16)7-11(17)10-4-3-5-13-8-10/h9-10,13H,2-8H2,1H3. The summed E-state index contributed by atoms with van der Waals surface area (Å²) in [4.78, 5) is 16.3. The lowest BCUT2D eigenvalue weighted by Crippen LogP contribution is -2.35. The van der Waals surface area contributed by atoms with Crippen LogP contribution >= 0.6 is 0 Å². The minimum atomic E-state index is 0.163. The number of carbonyl (C=O) groups is 1. The van der Waals surface area contributed by atoms with E-state index in [2.05, 4.69) is 22.3 Å². The summed E-state index contributed by atoms with van der Waals surface area (Å²) in [5, 5.41) is 7.41. The summed E-state index contributed by atoms with van der Waals surface area (Å²) in [6, 6.07) is 0. The molecule has 1 atom stereocenters. The summed E-state index contributed by atoms with van der Waals surface area (Å²) in [6.07, 6.45) is 5.07. The van der Waals surface area contributed by atoms with Crippen LogP contribution in [-0.2, 0) is 17.8 Å². The van der Waals surface area contributed by atoms with Gasteiger partial charge in [-0.3, -0.25) is 4.79 Å². The molecule has 94 valence electrons. The summed E-state index contributed by atoms with van der Waals surface area (Å²) in [7, 11) is 0. The summed E-state index contributed by atoms with van der Waals surface area (Å²) in [5.41, 5.74) is 0. The number of aromatic nitrogens is 3. The van der Waals surface area contributed by atoms with Crippen LogP contribution < -0.4 is 5.32 Å². The number of nitrogens with zero attached hydrogens (tertiary/aromatic N) is 3. The highest BCUT2D eigenvalue weighted by Gasteiger charge is 2.22. The predicted octanol–water partition coefficient (Wildman–Crippen LogP) is 0.799. The van der Waals surface area contributed by atoms with E-state index in [4.69, 9.17) is 0 Å². The molecular formula is C12H20N4O. The lowest BCUT2D eigenvalue weighted by Gasteiger charge is -2.21. The van der Waals surface area contributed by atoms with Gasteiger partial charge < -0.3 is 5.32 Å². The average molecular weight is 236 g/mol. The van der Waals surface area contributed by atoms with Gasteiger partial charge in [0.1, 0.15) is 17.9 Å². The number of aryl methyl sites for hydroxylation is 1. The molecule has 0 saturated carbocycles. The number of hydrogen-bond donors (Lipinski definition) is 1. The largest absolute Gasteiger partial charge is 0.316 e. The zero-order valence-corrected chi connectivity index (χ0v) is 10.4. The maximum Gasteiger partial charge on any atom is 0.144 e. The van der Waals surface area contributed by atoms with Gasteiger partial charge in [-0.05, 0) is 25.8 Å². The third-order valence-corrected chi connectivity index (χ3v) is 3.22. The van der Waals surface area contributed by atoms with Gasteiger partial charge in [-0.15, -0.1) is 0 Å². The van der Waals surface area contributed by atoms with Gasteiger partial charge in [-0.1, -0.05) is 6.92 Å². The number of piperidine rings is 1. The van der Waals surface area contributed by atoms with Crippen LogP contribution in [0.1, 0.15) is 32.0 Å². The quantitative estimate of drug-likeness (QED) is 0.821. The van der Waals surface area contributed by atoms with E-state index in [-0.39, 0.29) is 5.92 Å². The molecule has 0 amide bonds. The third-order valence-electron chi connectivity index (χ3n) is 3.22. The zero-order valence-electron chi connectivity index (χ0n) is 10.4. The average Bonchev–Trinajstić information content (AvgIpc) is 2.78. The highest BCUT2D eigenvalue weighted by atomic mass is 16.1. The minimum Gasteiger partial charge on any atom is -0.316 e. The summed E-state index contributed by atoms with van der Waals surface area (Å²) in [5.74, 6) is 1.26. The van der Waals surface area contributed by atoms with Crippen LogP contribution in [0.4, 0.5) is 0 Å². The number of Topliss-reactive ketones (excluding diaryl/α,β-unsaturated/α-hetero) is 1. The van der Waals surface area contributed by atoms with Crippen molar-refractivity contribution < 1.29 is 4.79 Å². The molecule has 2 rings (SSSR count). The zero-order chi connectivity index (χ0) is 12.1. The van der Waals surface area contributed by atoms with Crippen molar-refractivity contribution in [3.05, 3.63) is 12.2 Å². The summed E-state index contributed by atoms with van der Waals surface area (Å²) in [6.45, 7) is 4.79. The Kier molecular flexibility index (Phi) is 4.25. The molecule has 1 aliphatic heterocycles. The molecule has 0 aromatic carbocycles. The second-order valence-corrected chi connectivity index (χ2v) is 4.59. The van der Waals surface area contributed by atoms with Crippen LogP contribution in [0.2, 0.25) is 0 Å². The lowest BCUT2D eigenvalue weighted by atomic mass is 9.93. The number of rotatable bonds is 5. The number of carbonyl (C=O) groups excluding carboxylic acids is 1. The second kappa shape index (κ2) is 5.91. The number of nitrogens with one attached hydrogen (secondary N) is 1. The van der Waals surface area contributed by atoms with Crippen molar-refractivity contribution in [1.29, 1.82) is 0 Å². The van der Waals surface area contributed by atoms with Gasteiger partial charge in [0.25, 0.3) is 0 Å². The van der Waals surface area contributed by atoms with E-state index in [1.807, 2.05) is 4.68 Å². The van der Waals surface area contributed by atoms with Crippen LogP contribution in [0, 0.1) is 5.92 Å². The smallest absolute Gasteiger partial charge is 0.144 e. The van der Waals surface area contributed by atoms with Gasteiger partial charge in [-0.2, -0.15) is 5.10 Å². The Morgan fingerprint density at radius 1 is 1.65 bits per heavy atom. The Bertz CT molecular complexity index is 368. The highest BCUT2D eigenvalue weighted by molar-refractivity contribution is 5.82. The molecule has 1 fully saturated rings. The second-order valence-electron chi connectivity index (χ2n) is 4.59. The van der Waals surface area contributed by atoms with E-state index in [9.17, 15) is 4.79 Å². The van der Waals surface area contributed by atoms with Crippen LogP contribution in [0.25, 0.3) is 0 Å². The highest BCUT2D eigenvalue weighted by Crippen LogP contribution is 2.13. The van der Waals surface area contributed by atoms with E-state index in [0.717, 1.165) is 44.7 Å². The molecule has 0 radical (unpaired) electrons. The van der Waals surface area contributed by atoms with Crippen molar-refractivity contribution >= 4 is 5.78 Å². The van der Waals surface area contributed by atoms with E-state index in [1.54, 1.807) is 0 Å². The van der Waals surface area contributed by atoms with Crippen molar-refractivity contribution in [3.8, 4) is 0 Å². The van der Waals surface area contributed by atoms with Crippen LogP contribution in [-0.4, -0.2) is 33.6 Å². The predicted molar refractivity (Wildman–Crippen MR) is 64.6 cm³/mol. The molecule has 0 spiro atoms. The van der Waals surface area contributed by atoms with Crippen molar-refractivity contribution in [2.24, 2.45) is 5.92 Å². The first-order valence-corrected chi connectivity index (χ1v) is 6.41. The maximum atomic E-state index is 12.1. The molecule has 2 heterocycles. The topological polar surface area (TPSA) is 59.8 Å². The van der Waals surface area contributed by atoms with E-state index >= 15 is 0 Å². The van der Waals surface area contributed by atoms with E-state index < -0.39 is 0 Å². The van der Waals surface area contributed by atoms with Crippen molar-refractivity contribution in [2.75, 3.05) is 13.1 Å². The van der Waals surface area contributed by atoms with Crippen LogP contribution in [0.15, 0.2) is 6.33 Å². The Hall–Kier alpha value is -1.23. The molecule has 0 aliphatic carbocycles.